The Kier molecular flexibility index (Phi) is 8.45. The van der Waals surface area contributed by atoms with Gasteiger partial charge in [0.05, 0.1) is 46.0 Å². The van der Waals surface area contributed by atoms with Crippen molar-refractivity contribution in [2.75, 3.05) is 0 Å². The maximum Gasteiger partial charge on any atom is 0.197 e. The van der Waals surface area contributed by atoms with Crippen LogP contribution in [0.15, 0.2) is 200 Å². The molecule has 0 aliphatic carbocycles. The summed E-state index contributed by atoms with van der Waals surface area (Å²) in [5, 5.41) is 14.3. The molecule has 4 heteroatoms. The monoisotopic (exact) mass is 776 g/mol. The molecule has 9 aromatic carbocycles. The highest BCUT2D eigenvalue weighted by Crippen LogP contribution is 2.46. The molecule has 11 aromatic rings. The lowest BCUT2D eigenvalue weighted by molar-refractivity contribution is 1.16. The van der Waals surface area contributed by atoms with Crippen LogP contribution in [0, 0.1) is 24.8 Å². The second-order valence-electron chi connectivity index (χ2n) is 15.6. The standard InChI is InChI=1S/C57H36N4/c1-37-32-38(36-58)24-28-44(37)43-27-31-55(60-51-21-11-9-18-45(51)47-33-41(25-29-53(47)60)39-14-5-3-6-15-39)49(35-43)57-50(59-2)20-13-23-56(57)61-52-22-12-10-19-46(52)48-34-42(26-30-54(48)61)40-16-7-4-8-17-40/h3-35H,1H3. The predicted molar refractivity (Wildman–Crippen MR) is 253 cm³/mol. The van der Waals surface area contributed by atoms with Crippen molar-refractivity contribution in [1.29, 1.82) is 5.26 Å². The van der Waals surface area contributed by atoms with E-state index in [1.807, 2.05) is 36.4 Å². The Balaban J connectivity index is 1.23. The van der Waals surface area contributed by atoms with Gasteiger partial charge >= 0.3 is 0 Å². The van der Waals surface area contributed by atoms with E-state index >= 15 is 0 Å². The van der Waals surface area contributed by atoms with E-state index < -0.39 is 0 Å². The molecule has 4 nitrogen and oxygen atoms in total. The molecule has 0 spiro atoms. The van der Waals surface area contributed by atoms with Gasteiger partial charge in [-0.25, -0.2) is 4.85 Å². The van der Waals surface area contributed by atoms with Gasteiger partial charge in [-0.2, -0.15) is 5.26 Å². The van der Waals surface area contributed by atoms with E-state index in [1.54, 1.807) is 0 Å². The third kappa shape index (κ3) is 5.82. The van der Waals surface area contributed by atoms with Crippen molar-refractivity contribution < 1.29 is 0 Å². The largest absolute Gasteiger partial charge is 0.310 e. The van der Waals surface area contributed by atoms with Gasteiger partial charge in [-0.05, 0) is 118 Å². The van der Waals surface area contributed by atoms with Gasteiger partial charge in [0.2, 0.25) is 0 Å². The van der Waals surface area contributed by atoms with Gasteiger partial charge in [0.1, 0.15) is 0 Å². The van der Waals surface area contributed by atoms with Crippen LogP contribution in [0.3, 0.4) is 0 Å². The summed E-state index contributed by atoms with van der Waals surface area (Å²) in [4.78, 5) is 4.26. The molecule has 0 amide bonds. The first-order valence-corrected chi connectivity index (χ1v) is 20.4. The van der Waals surface area contributed by atoms with E-state index in [4.69, 9.17) is 6.57 Å². The molecule has 0 unspecified atom stereocenters. The summed E-state index contributed by atoms with van der Waals surface area (Å²) < 4.78 is 4.71. The van der Waals surface area contributed by atoms with Crippen molar-refractivity contribution in [2.24, 2.45) is 0 Å². The zero-order valence-electron chi connectivity index (χ0n) is 33.3. The van der Waals surface area contributed by atoms with Crippen molar-refractivity contribution in [1.82, 2.24) is 9.13 Å². The molecular formula is C57H36N4. The molecule has 0 saturated heterocycles. The first-order valence-electron chi connectivity index (χ1n) is 20.4. The van der Waals surface area contributed by atoms with Crippen molar-refractivity contribution in [3.63, 3.8) is 0 Å². The molecule has 0 aliphatic rings. The average Bonchev–Trinajstić information content (AvgIpc) is 3.83. The Morgan fingerprint density at radius 2 is 0.967 bits per heavy atom. The molecule has 11 rings (SSSR count). The first-order chi connectivity index (χ1) is 30.1. The summed E-state index contributed by atoms with van der Waals surface area (Å²) in [7, 11) is 0. The van der Waals surface area contributed by atoms with E-state index in [0.717, 1.165) is 93.9 Å². The molecule has 0 radical (unpaired) electrons. The highest BCUT2D eigenvalue weighted by molar-refractivity contribution is 6.13. The minimum Gasteiger partial charge on any atom is -0.310 e. The lowest BCUT2D eigenvalue weighted by Crippen LogP contribution is -2.02. The maximum atomic E-state index is 9.73. The number of aromatic nitrogens is 2. The van der Waals surface area contributed by atoms with Gasteiger partial charge in [0.15, 0.2) is 5.69 Å². The number of hydrogen-bond donors (Lipinski definition) is 0. The van der Waals surface area contributed by atoms with Crippen LogP contribution in [-0.4, -0.2) is 9.13 Å². The fraction of sp³-hybridized carbons (Fsp3) is 0.0175. The van der Waals surface area contributed by atoms with E-state index in [9.17, 15) is 5.26 Å². The van der Waals surface area contributed by atoms with Crippen LogP contribution in [0.25, 0.3) is 104 Å². The molecule has 0 fully saturated rings. The second-order valence-corrected chi connectivity index (χ2v) is 15.6. The van der Waals surface area contributed by atoms with Crippen LogP contribution >= 0.6 is 0 Å². The summed E-state index contributed by atoms with van der Waals surface area (Å²) >= 11 is 0. The van der Waals surface area contributed by atoms with Crippen LogP contribution < -0.4 is 0 Å². The summed E-state index contributed by atoms with van der Waals surface area (Å²) in [6, 6.07) is 72.6. The molecule has 61 heavy (non-hydrogen) atoms. The number of aryl methyl sites for hydroxylation is 1. The quantitative estimate of drug-likeness (QED) is 0.155. The van der Waals surface area contributed by atoms with Crippen molar-refractivity contribution >= 4 is 49.3 Å². The molecule has 2 aromatic heterocycles. The fourth-order valence-corrected chi connectivity index (χ4v) is 9.32. The van der Waals surface area contributed by atoms with Crippen LogP contribution in [0.1, 0.15) is 11.1 Å². The molecule has 2 heterocycles. The molecular weight excluding hydrogens is 741 g/mol. The Hall–Kier alpha value is -8.44. The van der Waals surface area contributed by atoms with Crippen molar-refractivity contribution in [3.05, 3.63) is 223 Å². The number of rotatable bonds is 6. The highest BCUT2D eigenvalue weighted by atomic mass is 15.0. The number of fused-ring (bicyclic) bond motifs is 6. The maximum absolute atomic E-state index is 9.73. The Morgan fingerprint density at radius 3 is 1.54 bits per heavy atom. The average molecular weight is 777 g/mol. The minimum atomic E-state index is 0.561. The molecule has 0 saturated carbocycles. The Labute approximate surface area is 353 Å². The zero-order chi connectivity index (χ0) is 41.0. The number of nitrogens with zero attached hydrogens (tertiary/aromatic N) is 4. The molecule has 0 N–H and O–H groups in total. The van der Waals surface area contributed by atoms with E-state index in [2.05, 4.69) is 191 Å². The summed E-state index contributed by atoms with van der Waals surface area (Å²) in [5.74, 6) is 0. The molecule has 0 aliphatic heterocycles. The van der Waals surface area contributed by atoms with Crippen LogP contribution in [-0.2, 0) is 0 Å². The van der Waals surface area contributed by atoms with Crippen molar-refractivity contribution in [3.8, 4) is 62.0 Å². The molecule has 0 atom stereocenters. The minimum absolute atomic E-state index is 0.561. The summed E-state index contributed by atoms with van der Waals surface area (Å²) in [6.07, 6.45) is 0. The normalized spacial score (nSPS) is 11.3. The van der Waals surface area contributed by atoms with Gasteiger partial charge < -0.3 is 9.13 Å². The smallest absolute Gasteiger partial charge is 0.197 e. The summed E-state index contributed by atoms with van der Waals surface area (Å²) in [5.41, 5.74) is 16.9. The molecule has 284 valence electrons. The van der Waals surface area contributed by atoms with Crippen LogP contribution in [0.2, 0.25) is 0 Å². The van der Waals surface area contributed by atoms with Gasteiger partial charge in [-0.15, -0.1) is 0 Å². The van der Waals surface area contributed by atoms with E-state index in [1.165, 1.54) is 11.1 Å². The Bertz CT molecular complexity index is 3610. The third-order valence-corrected chi connectivity index (χ3v) is 12.1. The SMILES string of the molecule is [C-]#[N+]c1cccc(-n2c3ccccc3c3cc(-c4ccccc4)ccc32)c1-c1cc(-c2ccc(C#N)cc2C)ccc1-n1c2ccccc2c2cc(-c3ccccc3)ccc21. The van der Waals surface area contributed by atoms with Crippen LogP contribution in [0.4, 0.5) is 5.69 Å². The van der Waals surface area contributed by atoms with Gasteiger partial charge in [-0.1, -0.05) is 133 Å². The van der Waals surface area contributed by atoms with Crippen molar-refractivity contribution in [2.45, 2.75) is 6.92 Å². The second kappa shape index (κ2) is 14.4. The van der Waals surface area contributed by atoms with Gasteiger partial charge in [-0.3, -0.25) is 0 Å². The lowest BCUT2D eigenvalue weighted by Gasteiger charge is -2.21. The Morgan fingerprint density at radius 1 is 0.426 bits per heavy atom. The summed E-state index contributed by atoms with van der Waals surface area (Å²) in [6.45, 7) is 10.7. The molecule has 0 bridgehead atoms. The highest BCUT2D eigenvalue weighted by Gasteiger charge is 2.24. The van der Waals surface area contributed by atoms with Crippen LogP contribution in [0.5, 0.6) is 0 Å². The first kappa shape index (κ1) is 35.7. The number of nitriles is 1. The number of para-hydroxylation sites is 2. The number of benzene rings is 9. The number of hydrogen-bond acceptors (Lipinski definition) is 1. The topological polar surface area (TPSA) is 38.0 Å². The van der Waals surface area contributed by atoms with Gasteiger partial charge in [0.25, 0.3) is 0 Å². The zero-order valence-corrected chi connectivity index (χ0v) is 33.3. The lowest BCUT2D eigenvalue weighted by atomic mass is 9.92. The van der Waals surface area contributed by atoms with Gasteiger partial charge in [0, 0.05) is 32.8 Å². The third-order valence-electron chi connectivity index (χ3n) is 12.1. The fourth-order valence-electron chi connectivity index (χ4n) is 9.32. The predicted octanol–water partition coefficient (Wildman–Crippen LogP) is 15.3. The van der Waals surface area contributed by atoms with E-state index in [0.29, 0.717) is 11.3 Å². The van der Waals surface area contributed by atoms with E-state index in [-0.39, 0.29) is 0 Å².